The number of hydrogen-bond acceptors (Lipinski definition) is 3. The number of nitrogens with two attached hydrogens (primary N) is 1. The molecule has 1 aliphatic carbocycles. The summed E-state index contributed by atoms with van der Waals surface area (Å²) in [5.74, 6) is -0.208. The van der Waals surface area contributed by atoms with Gasteiger partial charge in [0.1, 0.15) is 0 Å². The molecule has 1 unspecified atom stereocenters. The van der Waals surface area contributed by atoms with Crippen LogP contribution >= 0.6 is 12.4 Å². The standard InChI is InChI=1S/C16H21F3N2O2.ClH/c1-23-13(9-20)8-14(22)21-10-15(5-6-15)11-3-2-4-12(7-11)16(17,18)19;/h2-4,7,13H,5-6,8-10,20H2,1H3,(H,21,22);1H. The molecule has 1 atom stereocenters. The molecule has 1 aromatic carbocycles. The van der Waals surface area contributed by atoms with E-state index >= 15 is 0 Å². The molecule has 0 saturated heterocycles. The van der Waals surface area contributed by atoms with Crippen molar-refractivity contribution in [1.82, 2.24) is 5.32 Å². The Balaban J connectivity index is 0.00000288. The molecule has 0 aromatic heterocycles. The minimum Gasteiger partial charge on any atom is -0.380 e. The van der Waals surface area contributed by atoms with E-state index in [4.69, 9.17) is 10.5 Å². The van der Waals surface area contributed by atoms with Crippen LogP contribution in [0.2, 0.25) is 0 Å². The van der Waals surface area contributed by atoms with Crippen molar-refractivity contribution in [3.63, 3.8) is 0 Å². The molecule has 0 bridgehead atoms. The third-order valence-electron chi connectivity index (χ3n) is 4.29. The summed E-state index contributed by atoms with van der Waals surface area (Å²) in [6.07, 6.45) is -3.04. The molecular weight excluding hydrogens is 345 g/mol. The van der Waals surface area contributed by atoms with Crippen LogP contribution in [-0.2, 0) is 21.1 Å². The summed E-state index contributed by atoms with van der Waals surface area (Å²) in [4.78, 5) is 11.9. The zero-order chi connectivity index (χ0) is 17.1. The SMILES string of the molecule is COC(CN)CC(=O)NCC1(c2cccc(C(F)(F)F)c2)CC1.Cl. The van der Waals surface area contributed by atoms with E-state index in [1.54, 1.807) is 6.07 Å². The summed E-state index contributed by atoms with van der Waals surface area (Å²) in [6, 6.07) is 5.33. The van der Waals surface area contributed by atoms with Crippen LogP contribution in [0.25, 0.3) is 0 Å². The number of amides is 1. The van der Waals surface area contributed by atoms with Crippen LogP contribution in [0.15, 0.2) is 24.3 Å². The number of methoxy groups -OCH3 is 1. The number of rotatable bonds is 7. The zero-order valence-electron chi connectivity index (χ0n) is 13.4. The van der Waals surface area contributed by atoms with Crippen molar-refractivity contribution in [3.8, 4) is 0 Å². The first kappa shape index (κ1) is 20.7. The van der Waals surface area contributed by atoms with Gasteiger partial charge in [-0.1, -0.05) is 18.2 Å². The van der Waals surface area contributed by atoms with E-state index in [1.165, 1.54) is 19.2 Å². The van der Waals surface area contributed by atoms with Crippen LogP contribution < -0.4 is 11.1 Å². The van der Waals surface area contributed by atoms with E-state index in [9.17, 15) is 18.0 Å². The molecule has 2 rings (SSSR count). The number of alkyl halides is 3. The van der Waals surface area contributed by atoms with Crippen molar-refractivity contribution in [2.45, 2.75) is 37.0 Å². The molecule has 3 N–H and O–H groups in total. The van der Waals surface area contributed by atoms with Gasteiger partial charge in [0.05, 0.1) is 18.1 Å². The Morgan fingerprint density at radius 1 is 1.42 bits per heavy atom. The van der Waals surface area contributed by atoms with Gasteiger partial charge < -0.3 is 15.8 Å². The second kappa shape index (κ2) is 8.18. The number of halogens is 4. The Morgan fingerprint density at radius 2 is 2.08 bits per heavy atom. The quantitative estimate of drug-likeness (QED) is 0.779. The molecule has 1 amide bonds. The molecular formula is C16H22ClF3N2O2. The molecule has 1 aliphatic rings. The second-order valence-corrected chi connectivity index (χ2v) is 5.93. The average Bonchev–Trinajstić information content (AvgIpc) is 3.31. The highest BCUT2D eigenvalue weighted by Crippen LogP contribution is 2.48. The number of carbonyl (C=O) groups excluding carboxylic acids is 1. The maximum Gasteiger partial charge on any atom is 0.416 e. The van der Waals surface area contributed by atoms with Crippen molar-refractivity contribution in [2.75, 3.05) is 20.2 Å². The van der Waals surface area contributed by atoms with Gasteiger partial charge in [-0.2, -0.15) is 13.2 Å². The van der Waals surface area contributed by atoms with Crippen LogP contribution in [0, 0.1) is 0 Å². The predicted octanol–water partition coefficient (Wildman–Crippen LogP) is 2.64. The Morgan fingerprint density at radius 3 is 2.58 bits per heavy atom. The first-order chi connectivity index (χ1) is 10.8. The fraction of sp³-hybridized carbons (Fsp3) is 0.562. The van der Waals surface area contributed by atoms with Gasteiger partial charge in [0.25, 0.3) is 0 Å². The van der Waals surface area contributed by atoms with Gasteiger partial charge in [-0.05, 0) is 24.5 Å². The van der Waals surface area contributed by atoms with Gasteiger partial charge in [0.2, 0.25) is 5.91 Å². The molecule has 0 radical (unpaired) electrons. The highest BCUT2D eigenvalue weighted by molar-refractivity contribution is 5.85. The van der Waals surface area contributed by atoms with Crippen LogP contribution in [0.3, 0.4) is 0 Å². The van der Waals surface area contributed by atoms with Crippen molar-refractivity contribution in [2.24, 2.45) is 5.73 Å². The minimum absolute atomic E-state index is 0. The van der Waals surface area contributed by atoms with Crippen LogP contribution in [-0.4, -0.2) is 32.2 Å². The summed E-state index contributed by atoms with van der Waals surface area (Å²) < 4.78 is 43.5. The number of nitrogens with one attached hydrogen (secondary N) is 1. The second-order valence-electron chi connectivity index (χ2n) is 5.93. The highest BCUT2D eigenvalue weighted by Gasteiger charge is 2.45. The fourth-order valence-corrected chi connectivity index (χ4v) is 2.55. The van der Waals surface area contributed by atoms with Gasteiger partial charge in [-0.15, -0.1) is 12.4 Å². The summed E-state index contributed by atoms with van der Waals surface area (Å²) in [6.45, 7) is 0.566. The minimum atomic E-state index is -4.36. The lowest BCUT2D eigenvalue weighted by Gasteiger charge is -2.19. The molecule has 4 nitrogen and oxygen atoms in total. The molecule has 1 aromatic rings. The third kappa shape index (κ3) is 5.09. The van der Waals surface area contributed by atoms with Crippen molar-refractivity contribution < 1.29 is 22.7 Å². The lowest BCUT2D eigenvalue weighted by Crippen LogP contribution is -2.36. The maximum absolute atomic E-state index is 12.8. The van der Waals surface area contributed by atoms with Gasteiger partial charge in [-0.3, -0.25) is 4.79 Å². The zero-order valence-corrected chi connectivity index (χ0v) is 14.2. The molecule has 0 spiro atoms. The number of carbonyl (C=O) groups is 1. The van der Waals surface area contributed by atoms with Crippen molar-refractivity contribution in [1.29, 1.82) is 0 Å². The number of benzene rings is 1. The summed E-state index contributed by atoms with van der Waals surface area (Å²) in [5, 5.41) is 2.79. The topological polar surface area (TPSA) is 64.3 Å². The lowest BCUT2D eigenvalue weighted by atomic mass is 9.94. The van der Waals surface area contributed by atoms with E-state index < -0.39 is 11.7 Å². The molecule has 1 fully saturated rings. The molecule has 136 valence electrons. The molecule has 8 heteroatoms. The molecule has 0 aliphatic heterocycles. The van der Waals surface area contributed by atoms with Crippen LogP contribution in [0.4, 0.5) is 13.2 Å². The summed E-state index contributed by atoms with van der Waals surface area (Å²) >= 11 is 0. The largest absolute Gasteiger partial charge is 0.416 e. The average molecular weight is 367 g/mol. The van der Waals surface area contributed by atoms with E-state index in [2.05, 4.69) is 5.32 Å². The van der Waals surface area contributed by atoms with E-state index in [0.29, 0.717) is 12.1 Å². The number of ether oxygens (including phenoxy) is 1. The van der Waals surface area contributed by atoms with Gasteiger partial charge >= 0.3 is 6.18 Å². The first-order valence-electron chi connectivity index (χ1n) is 7.48. The van der Waals surface area contributed by atoms with Crippen LogP contribution in [0.1, 0.15) is 30.4 Å². The molecule has 1 saturated carbocycles. The predicted molar refractivity (Wildman–Crippen MR) is 87.1 cm³/mol. The Bertz CT molecular complexity index is 558. The monoisotopic (exact) mass is 366 g/mol. The third-order valence-corrected chi connectivity index (χ3v) is 4.29. The van der Waals surface area contributed by atoms with Gasteiger partial charge in [0, 0.05) is 25.6 Å². The fourth-order valence-electron chi connectivity index (χ4n) is 2.55. The Kier molecular flexibility index (Phi) is 7.07. The Labute approximate surface area is 145 Å². The van der Waals surface area contributed by atoms with Crippen molar-refractivity contribution >= 4 is 18.3 Å². The van der Waals surface area contributed by atoms with E-state index in [0.717, 1.165) is 18.9 Å². The number of hydrogen-bond donors (Lipinski definition) is 2. The molecule has 24 heavy (non-hydrogen) atoms. The normalized spacial score (nSPS) is 16.9. The van der Waals surface area contributed by atoms with E-state index in [1.807, 2.05) is 0 Å². The maximum atomic E-state index is 12.8. The van der Waals surface area contributed by atoms with E-state index in [-0.39, 0.29) is 42.8 Å². The molecule has 0 heterocycles. The van der Waals surface area contributed by atoms with Gasteiger partial charge in [-0.25, -0.2) is 0 Å². The smallest absolute Gasteiger partial charge is 0.380 e. The summed E-state index contributed by atoms with van der Waals surface area (Å²) in [5.41, 5.74) is 5.04. The highest BCUT2D eigenvalue weighted by atomic mass is 35.5. The van der Waals surface area contributed by atoms with Gasteiger partial charge in [0.15, 0.2) is 0 Å². The Hall–Kier alpha value is -1.31. The van der Waals surface area contributed by atoms with Crippen molar-refractivity contribution in [3.05, 3.63) is 35.4 Å². The van der Waals surface area contributed by atoms with Crippen LogP contribution in [0.5, 0.6) is 0 Å². The summed E-state index contributed by atoms with van der Waals surface area (Å²) in [7, 11) is 1.48. The first-order valence-corrected chi connectivity index (χ1v) is 7.48. The lowest BCUT2D eigenvalue weighted by molar-refractivity contribution is -0.137.